The summed E-state index contributed by atoms with van der Waals surface area (Å²) in [4.78, 5) is 18.4. The van der Waals surface area contributed by atoms with E-state index in [9.17, 15) is 17.6 Å². The smallest absolute Gasteiger partial charge is 0.263 e. The lowest BCUT2D eigenvalue weighted by Gasteiger charge is -2.18. The zero-order chi connectivity index (χ0) is 21.1. The Morgan fingerprint density at radius 1 is 1.17 bits per heavy atom. The molecule has 1 aliphatic rings. The summed E-state index contributed by atoms with van der Waals surface area (Å²) in [5, 5.41) is 5.18. The van der Waals surface area contributed by atoms with Gasteiger partial charge in [0, 0.05) is 31.8 Å². The second kappa shape index (κ2) is 8.50. The molecule has 158 valence electrons. The van der Waals surface area contributed by atoms with Crippen molar-refractivity contribution in [2.75, 3.05) is 16.2 Å². The normalized spacial score (nSPS) is 16.8. The first-order valence-corrected chi connectivity index (χ1v) is 11.6. The van der Waals surface area contributed by atoms with Gasteiger partial charge in [-0.1, -0.05) is 12.1 Å². The quantitative estimate of drug-likeness (QED) is 0.579. The highest BCUT2D eigenvalue weighted by atomic mass is 32.2. The van der Waals surface area contributed by atoms with Gasteiger partial charge in [-0.05, 0) is 48.4 Å². The number of nitrogens with zero attached hydrogens (tertiary/aromatic N) is 2. The van der Waals surface area contributed by atoms with Gasteiger partial charge in [-0.15, -0.1) is 11.3 Å². The van der Waals surface area contributed by atoms with E-state index >= 15 is 0 Å². The van der Waals surface area contributed by atoms with E-state index in [1.54, 1.807) is 34.5 Å². The molecule has 0 spiro atoms. The molecule has 1 fully saturated rings. The van der Waals surface area contributed by atoms with Crippen LogP contribution in [0.25, 0.3) is 0 Å². The molecule has 3 aromatic rings. The van der Waals surface area contributed by atoms with Crippen LogP contribution in [0.1, 0.15) is 13.4 Å². The van der Waals surface area contributed by atoms with Crippen LogP contribution in [0.2, 0.25) is 0 Å². The fourth-order valence-electron chi connectivity index (χ4n) is 3.22. The molecular weight excluding hydrogens is 427 g/mol. The second-order valence-corrected chi connectivity index (χ2v) is 9.35. The number of halogens is 1. The number of benzene rings is 2. The molecule has 4 rings (SSSR count). The summed E-state index contributed by atoms with van der Waals surface area (Å²) in [5.41, 5.74) is 1.53. The van der Waals surface area contributed by atoms with Gasteiger partial charge in [-0.2, -0.15) is 0 Å². The number of rotatable bonds is 7. The average molecular weight is 449 g/mol. The highest BCUT2D eigenvalue weighted by molar-refractivity contribution is 7.93. The van der Waals surface area contributed by atoms with Crippen LogP contribution in [-0.4, -0.2) is 31.9 Å². The Balaban J connectivity index is 0.00000272. The SMILES string of the molecule is O=C1[C@@H](NCc2ccc(F)cc2)CCN1c1ccc(S(=O)(=O)Nc2nccs2)cc1.[HH]. The summed E-state index contributed by atoms with van der Waals surface area (Å²) in [6, 6.07) is 12.0. The van der Waals surface area contributed by atoms with E-state index in [1.165, 1.54) is 41.8 Å². The van der Waals surface area contributed by atoms with E-state index in [-0.39, 0.29) is 24.1 Å². The molecule has 1 atom stereocenters. The van der Waals surface area contributed by atoms with E-state index in [0.29, 0.717) is 30.3 Å². The number of hydrogen-bond acceptors (Lipinski definition) is 6. The van der Waals surface area contributed by atoms with Gasteiger partial charge in [0.2, 0.25) is 5.91 Å². The Labute approximate surface area is 179 Å². The highest BCUT2D eigenvalue weighted by Gasteiger charge is 2.32. The first-order chi connectivity index (χ1) is 14.4. The van der Waals surface area contributed by atoms with E-state index in [2.05, 4.69) is 15.0 Å². The number of nitrogens with one attached hydrogen (secondary N) is 2. The van der Waals surface area contributed by atoms with E-state index in [1.807, 2.05) is 0 Å². The van der Waals surface area contributed by atoms with E-state index in [0.717, 1.165) is 5.56 Å². The monoisotopic (exact) mass is 448 g/mol. The molecule has 1 aliphatic heterocycles. The molecule has 1 saturated heterocycles. The van der Waals surface area contributed by atoms with Gasteiger partial charge in [0.1, 0.15) is 5.82 Å². The summed E-state index contributed by atoms with van der Waals surface area (Å²) in [7, 11) is -3.73. The zero-order valence-corrected chi connectivity index (χ0v) is 17.4. The number of amides is 1. The Hall–Kier alpha value is -2.82. The summed E-state index contributed by atoms with van der Waals surface area (Å²) >= 11 is 1.19. The number of thiazole rings is 1. The van der Waals surface area contributed by atoms with Crippen LogP contribution >= 0.6 is 11.3 Å². The van der Waals surface area contributed by atoms with Crippen molar-refractivity contribution in [3.05, 3.63) is 71.5 Å². The number of carbonyl (C=O) groups excluding carboxylic acids is 1. The Morgan fingerprint density at radius 3 is 2.57 bits per heavy atom. The van der Waals surface area contributed by atoms with Gasteiger partial charge in [0.15, 0.2) is 5.13 Å². The number of sulfonamides is 1. The van der Waals surface area contributed by atoms with Crippen LogP contribution in [0.5, 0.6) is 0 Å². The fraction of sp³-hybridized carbons (Fsp3) is 0.200. The van der Waals surface area contributed by atoms with E-state index in [4.69, 9.17) is 0 Å². The molecule has 2 aromatic carbocycles. The number of aromatic nitrogens is 1. The van der Waals surface area contributed by atoms with Crippen molar-refractivity contribution in [1.29, 1.82) is 0 Å². The molecule has 1 amide bonds. The lowest BCUT2D eigenvalue weighted by Crippen LogP contribution is -2.38. The predicted molar refractivity (Wildman–Crippen MR) is 115 cm³/mol. The molecule has 30 heavy (non-hydrogen) atoms. The standard InChI is InChI=1S/C20H19FN4O3S2.H2/c21-15-3-1-14(2-4-15)13-23-18-9-11-25(19(18)26)16-5-7-17(8-6-16)30(27,28)24-20-22-10-12-29-20;/h1-8,10,12,18,23H,9,11,13H2,(H,22,24);1H/t18-;/m0./s1. The van der Waals surface area contributed by atoms with Gasteiger partial charge in [-0.3, -0.25) is 9.52 Å². The maximum absolute atomic E-state index is 13.0. The van der Waals surface area contributed by atoms with Gasteiger partial charge in [0.05, 0.1) is 10.9 Å². The number of carbonyl (C=O) groups is 1. The molecule has 1 aromatic heterocycles. The van der Waals surface area contributed by atoms with Crippen molar-refractivity contribution in [3.8, 4) is 0 Å². The second-order valence-electron chi connectivity index (χ2n) is 6.78. The van der Waals surface area contributed by atoms with Crippen molar-refractivity contribution in [3.63, 3.8) is 0 Å². The van der Waals surface area contributed by atoms with Crippen molar-refractivity contribution in [2.24, 2.45) is 0 Å². The topological polar surface area (TPSA) is 91.4 Å². The van der Waals surface area contributed by atoms with Gasteiger partial charge >= 0.3 is 0 Å². The minimum absolute atomic E-state index is 0. The summed E-state index contributed by atoms with van der Waals surface area (Å²) < 4.78 is 40.3. The molecule has 0 unspecified atom stereocenters. The maximum Gasteiger partial charge on any atom is 0.263 e. The average Bonchev–Trinajstić information content (AvgIpc) is 3.37. The van der Waals surface area contributed by atoms with Crippen molar-refractivity contribution < 1.29 is 19.0 Å². The molecule has 2 heterocycles. The molecule has 0 radical (unpaired) electrons. The van der Waals surface area contributed by atoms with Gasteiger partial charge in [-0.25, -0.2) is 17.8 Å². The minimum atomic E-state index is -3.73. The van der Waals surface area contributed by atoms with Crippen LogP contribution in [0, 0.1) is 5.82 Å². The van der Waals surface area contributed by atoms with Crippen molar-refractivity contribution >= 4 is 38.1 Å². The van der Waals surface area contributed by atoms with Crippen LogP contribution in [0.4, 0.5) is 15.2 Å². The zero-order valence-electron chi connectivity index (χ0n) is 15.8. The molecular formula is C20H21FN4O3S2. The third-order valence-electron chi connectivity index (χ3n) is 4.78. The Kier molecular flexibility index (Phi) is 5.80. The third-order valence-corrected chi connectivity index (χ3v) is 6.96. The Bertz CT molecular complexity index is 1120. The van der Waals surface area contributed by atoms with Gasteiger partial charge < -0.3 is 10.2 Å². The van der Waals surface area contributed by atoms with Crippen LogP contribution in [-0.2, 0) is 21.4 Å². The number of hydrogen-bond donors (Lipinski definition) is 2. The summed E-state index contributed by atoms with van der Waals surface area (Å²) in [5.74, 6) is -0.372. The molecule has 7 nitrogen and oxygen atoms in total. The molecule has 10 heteroatoms. The maximum atomic E-state index is 13.0. The first kappa shape index (κ1) is 20.5. The third kappa shape index (κ3) is 4.50. The fourth-order valence-corrected chi connectivity index (χ4v) is 5.01. The minimum Gasteiger partial charge on any atom is -0.311 e. The van der Waals surface area contributed by atoms with Gasteiger partial charge in [0.25, 0.3) is 10.0 Å². The lowest BCUT2D eigenvalue weighted by atomic mass is 10.2. The Morgan fingerprint density at radius 2 is 1.90 bits per heavy atom. The first-order valence-electron chi connectivity index (χ1n) is 9.24. The largest absolute Gasteiger partial charge is 0.311 e. The van der Waals surface area contributed by atoms with Crippen molar-refractivity contribution in [1.82, 2.24) is 10.3 Å². The van der Waals surface area contributed by atoms with Crippen LogP contribution in [0.15, 0.2) is 65.0 Å². The highest BCUT2D eigenvalue weighted by Crippen LogP contribution is 2.25. The van der Waals surface area contributed by atoms with E-state index < -0.39 is 10.0 Å². The number of anilines is 2. The van der Waals surface area contributed by atoms with Crippen LogP contribution in [0.3, 0.4) is 0 Å². The summed E-state index contributed by atoms with van der Waals surface area (Å²) in [6.07, 6.45) is 2.15. The molecule has 0 saturated carbocycles. The lowest BCUT2D eigenvalue weighted by molar-refractivity contribution is -0.118. The van der Waals surface area contributed by atoms with Crippen molar-refractivity contribution in [2.45, 2.75) is 23.9 Å². The summed E-state index contributed by atoms with van der Waals surface area (Å²) in [6.45, 7) is 0.994. The molecule has 2 N–H and O–H groups in total. The predicted octanol–water partition coefficient (Wildman–Crippen LogP) is 3.22. The van der Waals surface area contributed by atoms with Crippen LogP contribution < -0.4 is 14.9 Å². The molecule has 0 aliphatic carbocycles. The molecule has 0 bridgehead atoms.